The third-order valence-corrected chi connectivity index (χ3v) is 3.28. The van der Waals surface area contributed by atoms with Crippen LogP contribution in [0.5, 0.6) is 0 Å². The van der Waals surface area contributed by atoms with Gasteiger partial charge in [-0.05, 0) is 42.4 Å². The molecule has 0 amide bonds. The summed E-state index contributed by atoms with van der Waals surface area (Å²) in [6.45, 7) is 13.5. The molecule has 1 aliphatic carbocycles. The number of rotatable bonds is 2. The second-order valence-corrected chi connectivity index (χ2v) is 6.16. The Labute approximate surface area is 83.4 Å². The monoisotopic (exact) mass is 180 g/mol. The van der Waals surface area contributed by atoms with Crippen molar-refractivity contribution in [3.8, 4) is 0 Å². The van der Waals surface area contributed by atoms with E-state index < -0.39 is 0 Å². The standard InChI is InChI=1S/C13H24/c1-6-7-13(5)9-11(2)8-12(3,4)10-13/h6,11H,1,7-10H2,2-5H3. The lowest BCUT2D eigenvalue weighted by atomic mass is 9.60. The van der Waals surface area contributed by atoms with Gasteiger partial charge in [0.2, 0.25) is 0 Å². The molecule has 1 aliphatic rings. The fourth-order valence-electron chi connectivity index (χ4n) is 3.66. The van der Waals surface area contributed by atoms with E-state index in [4.69, 9.17) is 0 Å². The van der Waals surface area contributed by atoms with Gasteiger partial charge < -0.3 is 0 Å². The second kappa shape index (κ2) is 3.48. The van der Waals surface area contributed by atoms with Crippen molar-refractivity contribution >= 4 is 0 Å². The molecule has 2 atom stereocenters. The molecular weight excluding hydrogens is 156 g/mol. The predicted molar refractivity (Wildman–Crippen MR) is 59.7 cm³/mol. The van der Waals surface area contributed by atoms with Crippen LogP contribution in [0.15, 0.2) is 12.7 Å². The highest BCUT2D eigenvalue weighted by Crippen LogP contribution is 2.50. The van der Waals surface area contributed by atoms with Crippen LogP contribution < -0.4 is 0 Å². The Morgan fingerprint density at radius 1 is 1.31 bits per heavy atom. The zero-order valence-corrected chi connectivity index (χ0v) is 9.69. The molecule has 76 valence electrons. The molecule has 1 saturated carbocycles. The number of allylic oxidation sites excluding steroid dienone is 1. The average molecular weight is 180 g/mol. The molecular formula is C13H24. The van der Waals surface area contributed by atoms with Crippen molar-refractivity contribution < 1.29 is 0 Å². The molecule has 0 aromatic carbocycles. The summed E-state index contributed by atoms with van der Waals surface area (Å²) in [5, 5.41) is 0. The van der Waals surface area contributed by atoms with Crippen molar-refractivity contribution in [3.63, 3.8) is 0 Å². The fourth-order valence-corrected chi connectivity index (χ4v) is 3.66. The van der Waals surface area contributed by atoms with Crippen LogP contribution in [0.1, 0.15) is 53.4 Å². The van der Waals surface area contributed by atoms with E-state index >= 15 is 0 Å². The van der Waals surface area contributed by atoms with Gasteiger partial charge in [-0.15, -0.1) is 6.58 Å². The first kappa shape index (κ1) is 10.8. The molecule has 0 bridgehead atoms. The van der Waals surface area contributed by atoms with E-state index in [0.717, 1.165) is 5.92 Å². The van der Waals surface area contributed by atoms with Crippen molar-refractivity contribution in [3.05, 3.63) is 12.7 Å². The SMILES string of the molecule is C=CCC1(C)CC(C)CC(C)(C)C1. The van der Waals surface area contributed by atoms with Gasteiger partial charge in [0.1, 0.15) is 0 Å². The Kier molecular flexibility index (Phi) is 2.89. The first-order valence-corrected chi connectivity index (χ1v) is 5.48. The van der Waals surface area contributed by atoms with Crippen LogP contribution >= 0.6 is 0 Å². The molecule has 13 heavy (non-hydrogen) atoms. The minimum absolute atomic E-state index is 0.517. The van der Waals surface area contributed by atoms with Gasteiger partial charge in [0.05, 0.1) is 0 Å². The molecule has 0 saturated heterocycles. The molecule has 0 heteroatoms. The van der Waals surface area contributed by atoms with E-state index in [1.54, 1.807) is 0 Å². The van der Waals surface area contributed by atoms with Gasteiger partial charge in [-0.25, -0.2) is 0 Å². The zero-order chi connectivity index (χ0) is 10.1. The van der Waals surface area contributed by atoms with E-state index in [-0.39, 0.29) is 0 Å². The Morgan fingerprint density at radius 3 is 2.38 bits per heavy atom. The summed E-state index contributed by atoms with van der Waals surface area (Å²) in [7, 11) is 0. The van der Waals surface area contributed by atoms with Gasteiger partial charge in [0.15, 0.2) is 0 Å². The van der Waals surface area contributed by atoms with Gasteiger partial charge in [-0.2, -0.15) is 0 Å². The fraction of sp³-hybridized carbons (Fsp3) is 0.846. The summed E-state index contributed by atoms with van der Waals surface area (Å²) in [6, 6.07) is 0. The normalized spacial score (nSPS) is 38.6. The highest BCUT2D eigenvalue weighted by atomic mass is 14.4. The van der Waals surface area contributed by atoms with Gasteiger partial charge in [0.25, 0.3) is 0 Å². The van der Waals surface area contributed by atoms with Crippen LogP contribution in [0.3, 0.4) is 0 Å². The molecule has 0 aromatic heterocycles. The summed E-state index contributed by atoms with van der Waals surface area (Å²) >= 11 is 0. The molecule has 0 spiro atoms. The quantitative estimate of drug-likeness (QED) is 0.552. The first-order chi connectivity index (χ1) is 5.87. The highest BCUT2D eigenvalue weighted by Gasteiger charge is 2.38. The maximum Gasteiger partial charge on any atom is -0.0284 e. The van der Waals surface area contributed by atoms with Gasteiger partial charge in [-0.1, -0.05) is 33.8 Å². The third-order valence-electron chi connectivity index (χ3n) is 3.28. The lowest BCUT2D eigenvalue weighted by Gasteiger charge is -2.45. The topological polar surface area (TPSA) is 0 Å². The Balaban J connectivity index is 2.71. The molecule has 1 rings (SSSR count). The van der Waals surface area contributed by atoms with Gasteiger partial charge >= 0.3 is 0 Å². The minimum atomic E-state index is 0.517. The van der Waals surface area contributed by atoms with Gasteiger partial charge in [-0.3, -0.25) is 0 Å². The van der Waals surface area contributed by atoms with Crippen molar-refractivity contribution in [1.82, 2.24) is 0 Å². The largest absolute Gasteiger partial charge is 0.103 e. The summed E-state index contributed by atoms with van der Waals surface area (Å²) in [6.07, 6.45) is 7.40. The Morgan fingerprint density at radius 2 is 1.92 bits per heavy atom. The van der Waals surface area contributed by atoms with Crippen molar-refractivity contribution in [2.45, 2.75) is 53.4 Å². The lowest BCUT2D eigenvalue weighted by molar-refractivity contribution is 0.0634. The molecule has 1 fully saturated rings. The van der Waals surface area contributed by atoms with E-state index in [0.29, 0.717) is 10.8 Å². The van der Waals surface area contributed by atoms with E-state index in [1.165, 1.54) is 25.7 Å². The van der Waals surface area contributed by atoms with Crippen molar-refractivity contribution in [2.75, 3.05) is 0 Å². The summed E-state index contributed by atoms with van der Waals surface area (Å²) in [5.41, 5.74) is 1.05. The average Bonchev–Trinajstić information content (AvgIpc) is 1.78. The maximum absolute atomic E-state index is 3.87. The molecule has 0 nitrogen and oxygen atoms in total. The molecule has 0 heterocycles. The molecule has 0 N–H and O–H groups in total. The molecule has 0 aliphatic heterocycles. The highest BCUT2D eigenvalue weighted by molar-refractivity contribution is 4.93. The summed E-state index contributed by atoms with van der Waals surface area (Å²) in [5.74, 6) is 0.883. The number of hydrogen-bond donors (Lipinski definition) is 0. The maximum atomic E-state index is 3.87. The Hall–Kier alpha value is -0.260. The molecule has 0 radical (unpaired) electrons. The Bertz CT molecular complexity index is 190. The van der Waals surface area contributed by atoms with Crippen LogP contribution in [-0.4, -0.2) is 0 Å². The van der Waals surface area contributed by atoms with E-state index in [2.05, 4.69) is 40.3 Å². The smallest absolute Gasteiger partial charge is 0.0284 e. The first-order valence-electron chi connectivity index (χ1n) is 5.48. The molecule has 0 aromatic rings. The van der Waals surface area contributed by atoms with E-state index in [1.807, 2.05) is 0 Å². The second-order valence-electron chi connectivity index (χ2n) is 6.16. The van der Waals surface area contributed by atoms with E-state index in [9.17, 15) is 0 Å². The van der Waals surface area contributed by atoms with Crippen LogP contribution in [0.25, 0.3) is 0 Å². The lowest BCUT2D eigenvalue weighted by Crippen LogP contribution is -2.34. The van der Waals surface area contributed by atoms with Crippen molar-refractivity contribution in [2.24, 2.45) is 16.7 Å². The van der Waals surface area contributed by atoms with Crippen LogP contribution in [0.4, 0.5) is 0 Å². The van der Waals surface area contributed by atoms with Crippen molar-refractivity contribution in [1.29, 1.82) is 0 Å². The van der Waals surface area contributed by atoms with Crippen LogP contribution in [0.2, 0.25) is 0 Å². The number of hydrogen-bond acceptors (Lipinski definition) is 0. The molecule has 2 unspecified atom stereocenters. The summed E-state index contributed by atoms with van der Waals surface area (Å²) < 4.78 is 0. The minimum Gasteiger partial charge on any atom is -0.103 e. The third kappa shape index (κ3) is 2.86. The summed E-state index contributed by atoms with van der Waals surface area (Å²) in [4.78, 5) is 0. The zero-order valence-electron chi connectivity index (χ0n) is 9.69. The van der Waals surface area contributed by atoms with Crippen LogP contribution in [0, 0.1) is 16.7 Å². The predicted octanol–water partition coefficient (Wildman–Crippen LogP) is 4.42. The van der Waals surface area contributed by atoms with Gasteiger partial charge in [0, 0.05) is 0 Å². The van der Waals surface area contributed by atoms with Crippen LogP contribution in [-0.2, 0) is 0 Å².